The van der Waals surface area contributed by atoms with Gasteiger partial charge in [0.05, 0.1) is 10.5 Å². The second-order valence-electron chi connectivity index (χ2n) is 5.45. The Bertz CT molecular complexity index is 1050. The molecule has 0 aliphatic carbocycles. The van der Waals surface area contributed by atoms with Gasteiger partial charge in [-0.3, -0.25) is 19.3 Å². The minimum atomic E-state index is -3.74. The molecule has 0 saturated carbocycles. The van der Waals surface area contributed by atoms with Gasteiger partial charge >= 0.3 is 5.97 Å². The highest BCUT2D eigenvalue weighted by atomic mass is 32.2. The number of ketones is 1. The number of fused-ring (bicyclic) bond motifs is 1. The van der Waals surface area contributed by atoms with Crippen molar-refractivity contribution in [2.45, 2.75) is 4.90 Å². The number of ether oxygens (including phenoxy) is 1. The minimum Gasteiger partial charge on any atom is -0.456 e. The quantitative estimate of drug-likeness (QED) is 0.611. The highest BCUT2D eigenvalue weighted by Crippen LogP contribution is 2.22. The van der Waals surface area contributed by atoms with Gasteiger partial charge in [-0.2, -0.15) is 0 Å². The van der Waals surface area contributed by atoms with Crippen LogP contribution >= 0.6 is 0 Å². The molecule has 1 heterocycles. The molecule has 140 valence electrons. The van der Waals surface area contributed by atoms with Crippen LogP contribution in [0.25, 0.3) is 0 Å². The average Bonchev–Trinajstić information content (AvgIpc) is 2.89. The molecule has 7 nitrogen and oxygen atoms in total. The number of halogens is 2. The number of nitrogens with one attached hydrogen (secondary N) is 1. The summed E-state index contributed by atoms with van der Waals surface area (Å²) in [6, 6.07) is 8.98. The van der Waals surface area contributed by atoms with Crippen molar-refractivity contribution in [3.63, 3.8) is 0 Å². The Kier molecular flexibility index (Phi) is 5.00. The first-order valence-corrected chi connectivity index (χ1v) is 9.07. The lowest BCUT2D eigenvalue weighted by Gasteiger charge is -2.05. The first-order chi connectivity index (χ1) is 12.8. The van der Waals surface area contributed by atoms with Crippen molar-refractivity contribution in [3.05, 3.63) is 65.2 Å². The number of carbonyl (C=O) groups excluding carboxylic acids is 2. The number of Topliss-reactive ketones (excluding diaryl/α,β-unsaturated/α-hetero) is 1. The van der Waals surface area contributed by atoms with Gasteiger partial charge in [0.2, 0.25) is 5.78 Å². The maximum atomic E-state index is 13.5. The Balaban J connectivity index is 1.64. The number of sulfonamides is 1. The molecule has 0 spiro atoms. The zero-order chi connectivity index (χ0) is 19.6. The lowest BCUT2D eigenvalue weighted by atomic mass is 10.1. The average molecular weight is 394 g/mol. The molecule has 0 aromatic heterocycles. The largest absolute Gasteiger partial charge is 0.456 e. The van der Waals surface area contributed by atoms with Crippen molar-refractivity contribution < 1.29 is 31.5 Å². The van der Waals surface area contributed by atoms with Gasteiger partial charge in [0.25, 0.3) is 10.0 Å². The summed E-state index contributed by atoms with van der Waals surface area (Å²) in [5.41, 5.74) is -0.496. The highest BCUT2D eigenvalue weighted by molar-refractivity contribution is 7.90. The summed E-state index contributed by atoms with van der Waals surface area (Å²) in [6.07, 6.45) is 0. The van der Waals surface area contributed by atoms with Gasteiger partial charge in [-0.1, -0.05) is 18.2 Å². The number of hydrogen-bond donors (Lipinski definition) is 1. The third-order valence-corrected chi connectivity index (χ3v) is 5.03. The summed E-state index contributed by atoms with van der Waals surface area (Å²) in [5.74, 6) is -4.16. The lowest BCUT2D eigenvalue weighted by Crippen LogP contribution is -2.24. The van der Waals surface area contributed by atoms with Gasteiger partial charge in [0.1, 0.15) is 24.0 Å². The maximum Gasteiger partial charge on any atom is 0.328 e. The van der Waals surface area contributed by atoms with E-state index in [-0.39, 0.29) is 10.7 Å². The molecular formula is C17H12F2N2O5S. The zero-order valence-corrected chi connectivity index (χ0v) is 14.4. The number of hydrogen-bond acceptors (Lipinski definition) is 6. The van der Waals surface area contributed by atoms with Gasteiger partial charge in [0.15, 0.2) is 6.61 Å². The topological polar surface area (TPSA) is 102 Å². The second kappa shape index (κ2) is 7.23. The van der Waals surface area contributed by atoms with Gasteiger partial charge < -0.3 is 4.74 Å². The van der Waals surface area contributed by atoms with E-state index in [1.165, 1.54) is 12.1 Å². The SMILES string of the molecule is O=C(CN=C1NS(=O)(=O)c2ccccc21)OCC(=O)c1c(F)cccc1F. The molecule has 0 unspecified atom stereocenters. The smallest absolute Gasteiger partial charge is 0.328 e. The molecule has 3 rings (SSSR count). The van der Waals surface area contributed by atoms with E-state index in [0.717, 1.165) is 18.2 Å². The van der Waals surface area contributed by atoms with Crippen LogP contribution in [-0.2, 0) is 19.6 Å². The first-order valence-electron chi connectivity index (χ1n) is 7.59. The lowest BCUT2D eigenvalue weighted by molar-refractivity contribution is -0.140. The molecule has 0 fully saturated rings. The summed E-state index contributed by atoms with van der Waals surface area (Å²) in [6.45, 7) is -1.46. The van der Waals surface area contributed by atoms with Crippen molar-refractivity contribution in [1.82, 2.24) is 4.72 Å². The number of aliphatic imine (C=N–C) groups is 1. The molecule has 27 heavy (non-hydrogen) atoms. The first kappa shape index (κ1) is 18.6. The maximum absolute atomic E-state index is 13.5. The number of rotatable bonds is 5. The number of nitrogens with zero attached hydrogens (tertiary/aromatic N) is 1. The van der Waals surface area contributed by atoms with E-state index in [4.69, 9.17) is 0 Å². The Morgan fingerprint density at radius 3 is 2.41 bits per heavy atom. The Labute approximate surface area is 152 Å². The minimum absolute atomic E-state index is 0.0299. The fourth-order valence-electron chi connectivity index (χ4n) is 2.42. The number of esters is 1. The van der Waals surface area contributed by atoms with E-state index in [1.807, 2.05) is 0 Å². The van der Waals surface area contributed by atoms with Crippen molar-refractivity contribution in [2.75, 3.05) is 13.2 Å². The van der Waals surface area contributed by atoms with Gasteiger partial charge in [0, 0.05) is 5.56 Å². The van der Waals surface area contributed by atoms with E-state index in [2.05, 4.69) is 14.5 Å². The second-order valence-corrected chi connectivity index (χ2v) is 7.10. The molecule has 1 aliphatic heterocycles. The molecule has 0 radical (unpaired) electrons. The molecule has 1 N–H and O–H groups in total. The Hall–Kier alpha value is -3.14. The third-order valence-electron chi connectivity index (χ3n) is 3.63. The predicted octanol–water partition coefficient (Wildman–Crippen LogP) is 1.43. The van der Waals surface area contributed by atoms with E-state index >= 15 is 0 Å². The number of benzene rings is 2. The summed E-state index contributed by atoms with van der Waals surface area (Å²) >= 11 is 0. The molecule has 1 aliphatic rings. The van der Waals surface area contributed by atoms with Crippen molar-refractivity contribution >= 4 is 27.6 Å². The highest BCUT2D eigenvalue weighted by Gasteiger charge is 2.30. The number of amidine groups is 1. The summed E-state index contributed by atoms with van der Waals surface area (Å²) < 4.78 is 57.7. The van der Waals surface area contributed by atoms with Crippen LogP contribution in [-0.4, -0.2) is 39.2 Å². The van der Waals surface area contributed by atoms with Gasteiger partial charge in [-0.05, 0) is 24.3 Å². The fourth-order valence-corrected chi connectivity index (χ4v) is 3.67. The van der Waals surface area contributed by atoms with Crippen molar-refractivity contribution in [1.29, 1.82) is 0 Å². The van der Waals surface area contributed by atoms with Crippen LogP contribution in [0.4, 0.5) is 8.78 Å². The summed E-state index contributed by atoms with van der Waals surface area (Å²) in [5, 5.41) is 0. The van der Waals surface area contributed by atoms with E-state index in [9.17, 15) is 26.8 Å². The molecule has 10 heteroatoms. The van der Waals surface area contributed by atoms with Crippen molar-refractivity contribution in [2.24, 2.45) is 4.99 Å². The van der Waals surface area contributed by atoms with E-state index < -0.39 is 52.1 Å². The summed E-state index contributed by atoms with van der Waals surface area (Å²) in [4.78, 5) is 27.4. The molecular weight excluding hydrogens is 382 g/mol. The van der Waals surface area contributed by atoms with E-state index in [1.54, 1.807) is 12.1 Å². The van der Waals surface area contributed by atoms with Crippen LogP contribution in [0.15, 0.2) is 52.4 Å². The number of carbonyl (C=O) groups is 2. The fraction of sp³-hybridized carbons (Fsp3) is 0.118. The van der Waals surface area contributed by atoms with Crippen molar-refractivity contribution in [3.8, 4) is 0 Å². The third kappa shape index (κ3) is 3.85. The van der Waals surface area contributed by atoms with Crippen LogP contribution in [0.5, 0.6) is 0 Å². The molecule has 2 aromatic carbocycles. The molecule has 0 saturated heterocycles. The van der Waals surface area contributed by atoms with Crippen LogP contribution in [0.3, 0.4) is 0 Å². The van der Waals surface area contributed by atoms with E-state index in [0.29, 0.717) is 5.56 Å². The standard InChI is InChI=1S/C17H12F2N2O5S/c18-11-5-3-6-12(19)16(11)13(22)9-26-15(23)8-20-17-10-4-1-2-7-14(10)27(24,25)21-17/h1-7H,8-9H2,(H,20,21). The monoisotopic (exact) mass is 394 g/mol. The van der Waals surface area contributed by atoms with Gasteiger partial charge in [-0.15, -0.1) is 0 Å². The Morgan fingerprint density at radius 2 is 1.70 bits per heavy atom. The predicted molar refractivity (Wildman–Crippen MR) is 89.8 cm³/mol. The van der Waals surface area contributed by atoms with Crippen LogP contribution < -0.4 is 4.72 Å². The van der Waals surface area contributed by atoms with Crippen LogP contribution in [0, 0.1) is 11.6 Å². The molecule has 0 bridgehead atoms. The van der Waals surface area contributed by atoms with Crippen LogP contribution in [0.2, 0.25) is 0 Å². The molecule has 0 amide bonds. The molecule has 2 aromatic rings. The zero-order valence-electron chi connectivity index (χ0n) is 13.6. The Morgan fingerprint density at radius 1 is 1.04 bits per heavy atom. The normalized spacial score (nSPS) is 15.9. The van der Waals surface area contributed by atoms with Gasteiger partial charge in [-0.25, -0.2) is 17.2 Å². The van der Waals surface area contributed by atoms with Crippen LogP contribution in [0.1, 0.15) is 15.9 Å². The molecule has 0 atom stereocenters. The summed E-state index contributed by atoms with van der Waals surface area (Å²) in [7, 11) is -3.74.